The Balaban J connectivity index is 1.45. The molecule has 2 heterocycles. The molecule has 1 aliphatic heterocycles. The van der Waals surface area contributed by atoms with Crippen LogP contribution in [0.1, 0.15) is 52.2 Å². The second-order valence-electron chi connectivity index (χ2n) is 9.06. The first kappa shape index (κ1) is 23.3. The minimum Gasteiger partial charge on any atom is -0.330 e. The summed E-state index contributed by atoms with van der Waals surface area (Å²) >= 11 is 1.76. The van der Waals surface area contributed by atoms with Gasteiger partial charge in [-0.1, -0.05) is 80.1 Å². The van der Waals surface area contributed by atoms with Gasteiger partial charge < -0.3 is 9.80 Å². The smallest absolute Gasteiger partial charge is 0.254 e. The SMILES string of the molecule is CCCCN(CC(=O)N1CCc2sccc2[C@H]1c1ccccc1)C(=O)c1cccc2ccccc12. The third-order valence-electron chi connectivity index (χ3n) is 6.82. The molecule has 5 rings (SSSR count). The van der Waals surface area contributed by atoms with E-state index in [9.17, 15) is 9.59 Å². The minimum absolute atomic E-state index is 0.000364. The number of amides is 2. The molecule has 1 aromatic heterocycles. The van der Waals surface area contributed by atoms with Gasteiger partial charge >= 0.3 is 0 Å². The van der Waals surface area contributed by atoms with Crippen LogP contribution in [0.15, 0.2) is 84.2 Å². The Morgan fingerprint density at radius 3 is 2.57 bits per heavy atom. The highest BCUT2D eigenvalue weighted by Gasteiger charge is 2.34. The molecule has 0 bridgehead atoms. The van der Waals surface area contributed by atoms with Crippen molar-refractivity contribution < 1.29 is 9.59 Å². The van der Waals surface area contributed by atoms with Crippen molar-refractivity contribution in [3.05, 3.63) is 106 Å². The predicted octanol–water partition coefficient (Wildman–Crippen LogP) is 6.32. The summed E-state index contributed by atoms with van der Waals surface area (Å²) in [7, 11) is 0. The van der Waals surface area contributed by atoms with Gasteiger partial charge in [0, 0.05) is 23.5 Å². The summed E-state index contributed by atoms with van der Waals surface area (Å²) in [5.74, 6) is -0.0755. The number of unbranched alkanes of at least 4 members (excludes halogenated alkanes) is 1. The zero-order valence-corrected chi connectivity index (χ0v) is 20.8. The van der Waals surface area contributed by atoms with E-state index >= 15 is 0 Å². The summed E-state index contributed by atoms with van der Waals surface area (Å²) < 4.78 is 0. The maximum atomic E-state index is 13.8. The molecule has 5 heteroatoms. The highest BCUT2D eigenvalue weighted by atomic mass is 32.1. The molecule has 4 nitrogen and oxygen atoms in total. The fourth-order valence-electron chi connectivity index (χ4n) is 5.02. The molecule has 178 valence electrons. The second kappa shape index (κ2) is 10.4. The molecule has 0 N–H and O–H groups in total. The Bertz CT molecular complexity index is 1330. The van der Waals surface area contributed by atoms with Crippen molar-refractivity contribution in [2.45, 2.75) is 32.2 Å². The topological polar surface area (TPSA) is 40.6 Å². The van der Waals surface area contributed by atoms with Crippen LogP contribution in [0.5, 0.6) is 0 Å². The molecular weight excluding hydrogens is 452 g/mol. The van der Waals surface area contributed by atoms with E-state index in [2.05, 4.69) is 30.5 Å². The molecule has 0 fully saturated rings. The molecule has 1 atom stereocenters. The first-order valence-corrected chi connectivity index (χ1v) is 13.2. The maximum Gasteiger partial charge on any atom is 0.254 e. The molecular formula is C30H30N2O2S. The summed E-state index contributed by atoms with van der Waals surface area (Å²) in [6.45, 7) is 3.43. The number of hydrogen-bond acceptors (Lipinski definition) is 3. The lowest BCUT2D eigenvalue weighted by molar-refractivity contribution is -0.134. The Labute approximate surface area is 210 Å². The van der Waals surface area contributed by atoms with Gasteiger partial charge in [0.15, 0.2) is 0 Å². The number of hydrogen-bond donors (Lipinski definition) is 0. The van der Waals surface area contributed by atoms with Gasteiger partial charge in [-0.25, -0.2) is 0 Å². The lowest BCUT2D eigenvalue weighted by atomic mass is 9.93. The van der Waals surface area contributed by atoms with E-state index in [1.807, 2.05) is 65.6 Å². The summed E-state index contributed by atoms with van der Waals surface area (Å²) in [6.07, 6.45) is 2.68. The van der Waals surface area contributed by atoms with Gasteiger partial charge in [0.05, 0.1) is 6.04 Å². The highest BCUT2D eigenvalue weighted by Crippen LogP contribution is 2.37. The van der Waals surface area contributed by atoms with E-state index < -0.39 is 0 Å². The zero-order chi connectivity index (χ0) is 24.2. The quantitative estimate of drug-likeness (QED) is 0.309. The lowest BCUT2D eigenvalue weighted by Gasteiger charge is -2.37. The second-order valence-corrected chi connectivity index (χ2v) is 10.1. The summed E-state index contributed by atoms with van der Waals surface area (Å²) in [5, 5.41) is 4.08. The fraction of sp³-hybridized carbons (Fsp3) is 0.267. The molecule has 1 aliphatic rings. The van der Waals surface area contributed by atoms with Crippen molar-refractivity contribution in [1.29, 1.82) is 0 Å². The largest absolute Gasteiger partial charge is 0.330 e. The standard InChI is InChI=1S/C30H30N2O2S/c1-2-3-18-31(30(34)25-15-9-13-22-10-7-8-14-24(22)25)21-28(33)32-19-16-27-26(17-20-35-27)29(32)23-11-5-4-6-12-23/h4-15,17,20,29H,2-3,16,18-19,21H2,1H3/t29-/m1/s1. The predicted molar refractivity (Wildman–Crippen MR) is 143 cm³/mol. The van der Waals surface area contributed by atoms with Gasteiger partial charge in [-0.05, 0) is 52.3 Å². The number of carbonyl (C=O) groups excluding carboxylic acids is 2. The molecule has 0 spiro atoms. The van der Waals surface area contributed by atoms with Crippen molar-refractivity contribution in [2.75, 3.05) is 19.6 Å². The first-order valence-electron chi connectivity index (χ1n) is 12.3. The van der Waals surface area contributed by atoms with Crippen LogP contribution in [0.2, 0.25) is 0 Å². The van der Waals surface area contributed by atoms with Gasteiger partial charge in [-0.3, -0.25) is 9.59 Å². The molecule has 2 amide bonds. The molecule has 35 heavy (non-hydrogen) atoms. The van der Waals surface area contributed by atoms with Gasteiger partial charge in [0.25, 0.3) is 5.91 Å². The van der Waals surface area contributed by atoms with Crippen molar-refractivity contribution >= 4 is 33.9 Å². The van der Waals surface area contributed by atoms with E-state index in [0.29, 0.717) is 18.7 Å². The van der Waals surface area contributed by atoms with Gasteiger partial charge in [-0.2, -0.15) is 0 Å². The molecule has 0 aliphatic carbocycles. The molecule has 4 aromatic rings. The normalized spacial score (nSPS) is 15.1. The number of rotatable bonds is 7. The van der Waals surface area contributed by atoms with Crippen molar-refractivity contribution in [3.8, 4) is 0 Å². The van der Waals surface area contributed by atoms with Crippen LogP contribution in [0.25, 0.3) is 10.8 Å². The number of nitrogens with zero attached hydrogens (tertiary/aromatic N) is 2. The Morgan fingerprint density at radius 1 is 0.971 bits per heavy atom. The lowest BCUT2D eigenvalue weighted by Crippen LogP contribution is -2.47. The van der Waals surface area contributed by atoms with Crippen LogP contribution in [-0.4, -0.2) is 41.2 Å². The number of fused-ring (bicyclic) bond motifs is 2. The Hall–Kier alpha value is -3.44. The van der Waals surface area contributed by atoms with Gasteiger partial charge in [-0.15, -0.1) is 11.3 Å². The van der Waals surface area contributed by atoms with Crippen LogP contribution < -0.4 is 0 Å². The van der Waals surface area contributed by atoms with Crippen LogP contribution in [0, 0.1) is 0 Å². The fourth-order valence-corrected chi connectivity index (χ4v) is 5.92. The number of thiophene rings is 1. The highest BCUT2D eigenvalue weighted by molar-refractivity contribution is 7.10. The van der Waals surface area contributed by atoms with Crippen LogP contribution in [-0.2, 0) is 11.2 Å². The van der Waals surface area contributed by atoms with Gasteiger partial charge in [0.2, 0.25) is 5.91 Å². The third kappa shape index (κ3) is 4.73. The molecule has 0 unspecified atom stereocenters. The Morgan fingerprint density at radius 2 is 1.74 bits per heavy atom. The average molecular weight is 483 g/mol. The van der Waals surface area contributed by atoms with E-state index in [0.717, 1.165) is 35.6 Å². The zero-order valence-electron chi connectivity index (χ0n) is 20.0. The summed E-state index contributed by atoms with van der Waals surface area (Å²) in [4.78, 5) is 32.6. The van der Waals surface area contributed by atoms with Crippen molar-refractivity contribution in [3.63, 3.8) is 0 Å². The van der Waals surface area contributed by atoms with Crippen LogP contribution in [0.4, 0.5) is 0 Å². The monoisotopic (exact) mass is 482 g/mol. The third-order valence-corrected chi connectivity index (χ3v) is 7.81. The van der Waals surface area contributed by atoms with Crippen LogP contribution >= 0.6 is 11.3 Å². The van der Waals surface area contributed by atoms with E-state index in [1.165, 1.54) is 10.4 Å². The molecule has 0 radical (unpaired) electrons. The first-order chi connectivity index (χ1) is 17.2. The van der Waals surface area contributed by atoms with E-state index in [4.69, 9.17) is 0 Å². The van der Waals surface area contributed by atoms with Gasteiger partial charge in [0.1, 0.15) is 6.54 Å². The summed E-state index contributed by atoms with van der Waals surface area (Å²) in [5.41, 5.74) is 2.98. The van der Waals surface area contributed by atoms with E-state index in [1.54, 1.807) is 16.2 Å². The average Bonchev–Trinajstić information content (AvgIpc) is 3.39. The Kier molecular flexibility index (Phi) is 6.96. The molecule has 0 saturated carbocycles. The van der Waals surface area contributed by atoms with E-state index in [-0.39, 0.29) is 24.4 Å². The minimum atomic E-state index is -0.112. The van der Waals surface area contributed by atoms with Crippen molar-refractivity contribution in [1.82, 2.24) is 9.80 Å². The summed E-state index contributed by atoms with van der Waals surface area (Å²) in [6, 6.07) is 26.0. The molecule has 0 saturated heterocycles. The van der Waals surface area contributed by atoms with Crippen LogP contribution in [0.3, 0.4) is 0 Å². The van der Waals surface area contributed by atoms with Crippen molar-refractivity contribution in [2.24, 2.45) is 0 Å². The maximum absolute atomic E-state index is 13.8. The number of carbonyl (C=O) groups is 2. The number of benzene rings is 3. The molecule has 3 aromatic carbocycles.